The number of carbonyl (C=O) groups excluding carboxylic acids is 1. The number of benzene rings is 1. The summed E-state index contributed by atoms with van der Waals surface area (Å²) in [5, 5.41) is 7.00. The number of nitrogens with one attached hydrogen (secondary N) is 1. The molecule has 4 heterocycles. The molecule has 1 N–H and O–H groups in total. The number of oxime groups is 1. The van der Waals surface area contributed by atoms with Crippen LogP contribution in [0, 0.1) is 5.82 Å². The molecule has 0 fully saturated rings. The third-order valence-electron chi connectivity index (χ3n) is 6.16. The lowest BCUT2D eigenvalue weighted by Gasteiger charge is -2.16. The summed E-state index contributed by atoms with van der Waals surface area (Å²) in [6, 6.07) is 14.8. The van der Waals surface area contributed by atoms with Crippen LogP contribution in [-0.2, 0) is 11.0 Å². The first-order valence-corrected chi connectivity index (χ1v) is 11.9. The summed E-state index contributed by atoms with van der Waals surface area (Å²) in [5.41, 5.74) is 2.53. The van der Waals surface area contributed by atoms with Crippen molar-refractivity contribution in [3.05, 3.63) is 113 Å². The molecule has 7 nitrogen and oxygen atoms in total. The molecule has 4 aromatic rings. The molecule has 1 amide bonds. The third-order valence-corrected chi connectivity index (χ3v) is 6.16. The van der Waals surface area contributed by atoms with Gasteiger partial charge in [-0.1, -0.05) is 17.3 Å². The molecule has 11 heteroatoms. The Balaban J connectivity index is 1.42. The zero-order chi connectivity index (χ0) is 27.6. The Morgan fingerprint density at radius 3 is 2.49 bits per heavy atom. The Morgan fingerprint density at radius 2 is 1.82 bits per heavy atom. The fourth-order valence-corrected chi connectivity index (χ4v) is 4.09. The Kier molecular flexibility index (Phi) is 7.05. The Hall–Kier alpha value is -4.67. The maximum absolute atomic E-state index is 13.5. The lowest BCUT2D eigenvalue weighted by molar-refractivity contribution is -0.141. The largest absolute Gasteiger partial charge is 0.433 e. The molecule has 1 aliphatic heterocycles. The average molecular weight is 536 g/mol. The first-order valence-electron chi connectivity index (χ1n) is 11.9. The molecule has 1 aliphatic rings. The summed E-state index contributed by atoms with van der Waals surface area (Å²) < 4.78 is 52.1. The van der Waals surface area contributed by atoms with Gasteiger partial charge in [0.15, 0.2) is 6.10 Å². The number of carbonyl (C=O) groups is 1. The van der Waals surface area contributed by atoms with Crippen molar-refractivity contribution in [2.45, 2.75) is 31.7 Å². The number of pyridine rings is 3. The predicted octanol–water partition coefficient (Wildman–Crippen LogP) is 6.05. The SMILES string of the molecule is C[C@@H](NC(=O)c1cc(C2=NOC(c3ccccn3)C2)cc(-c2ccc(F)cn2)c1)c1ccc(C(F)(F)F)nc1. The highest BCUT2D eigenvalue weighted by Crippen LogP contribution is 2.31. The lowest BCUT2D eigenvalue weighted by atomic mass is 9.96. The van der Waals surface area contributed by atoms with Gasteiger partial charge in [0.1, 0.15) is 11.5 Å². The van der Waals surface area contributed by atoms with E-state index in [1.807, 2.05) is 12.1 Å². The molecule has 39 heavy (non-hydrogen) atoms. The van der Waals surface area contributed by atoms with Gasteiger partial charge in [-0.15, -0.1) is 0 Å². The summed E-state index contributed by atoms with van der Waals surface area (Å²) in [7, 11) is 0. The second kappa shape index (κ2) is 10.6. The smallest absolute Gasteiger partial charge is 0.385 e. The van der Waals surface area contributed by atoms with E-state index in [9.17, 15) is 22.4 Å². The van der Waals surface area contributed by atoms with Crippen LogP contribution in [0.2, 0.25) is 0 Å². The van der Waals surface area contributed by atoms with Crippen molar-refractivity contribution in [1.82, 2.24) is 20.3 Å². The second-order valence-electron chi connectivity index (χ2n) is 8.92. The van der Waals surface area contributed by atoms with E-state index in [0.717, 1.165) is 18.5 Å². The number of aromatic nitrogens is 3. The lowest BCUT2D eigenvalue weighted by Crippen LogP contribution is -2.27. The zero-order valence-electron chi connectivity index (χ0n) is 20.5. The number of amides is 1. The van der Waals surface area contributed by atoms with Gasteiger partial charge in [-0.05, 0) is 61.0 Å². The molecule has 3 aromatic heterocycles. The predicted molar refractivity (Wildman–Crippen MR) is 134 cm³/mol. The molecule has 1 unspecified atom stereocenters. The Bertz CT molecular complexity index is 1510. The summed E-state index contributed by atoms with van der Waals surface area (Å²) in [6.07, 6.45) is -0.717. The molecule has 0 saturated heterocycles. The summed E-state index contributed by atoms with van der Waals surface area (Å²) in [5.74, 6) is -0.980. The van der Waals surface area contributed by atoms with Gasteiger partial charge in [-0.25, -0.2) is 4.39 Å². The fourth-order valence-electron chi connectivity index (χ4n) is 4.09. The van der Waals surface area contributed by atoms with Gasteiger partial charge < -0.3 is 10.2 Å². The number of nitrogens with zero attached hydrogens (tertiary/aromatic N) is 4. The van der Waals surface area contributed by atoms with E-state index >= 15 is 0 Å². The van der Waals surface area contributed by atoms with E-state index < -0.39 is 35.7 Å². The van der Waals surface area contributed by atoms with Crippen LogP contribution in [0.3, 0.4) is 0 Å². The molecular formula is C28H21F4N5O2. The molecule has 0 radical (unpaired) electrons. The van der Waals surface area contributed by atoms with Crippen LogP contribution in [0.5, 0.6) is 0 Å². The highest BCUT2D eigenvalue weighted by atomic mass is 19.4. The third kappa shape index (κ3) is 5.92. The van der Waals surface area contributed by atoms with E-state index in [2.05, 4.69) is 25.4 Å². The van der Waals surface area contributed by atoms with Gasteiger partial charge in [0.2, 0.25) is 0 Å². The average Bonchev–Trinajstić information content (AvgIpc) is 3.44. The second-order valence-corrected chi connectivity index (χ2v) is 8.92. The van der Waals surface area contributed by atoms with E-state index in [1.165, 1.54) is 18.2 Å². The van der Waals surface area contributed by atoms with Gasteiger partial charge in [0.05, 0.1) is 29.3 Å². The zero-order valence-corrected chi connectivity index (χ0v) is 20.5. The maximum atomic E-state index is 13.5. The highest BCUT2D eigenvalue weighted by Gasteiger charge is 2.32. The van der Waals surface area contributed by atoms with E-state index in [1.54, 1.807) is 37.4 Å². The van der Waals surface area contributed by atoms with Gasteiger partial charge in [0, 0.05) is 35.5 Å². The molecule has 0 bridgehead atoms. The molecule has 0 aliphatic carbocycles. The maximum Gasteiger partial charge on any atom is 0.433 e. The summed E-state index contributed by atoms with van der Waals surface area (Å²) in [6.45, 7) is 1.64. The molecule has 198 valence electrons. The number of rotatable bonds is 6. The molecule has 0 spiro atoms. The standard InChI is InChI=1S/C28H21F4N5O2/c1-16(17-5-8-26(35-14-17)28(30,31)32)36-27(38)20-11-18(22-7-6-21(29)15-34-22)10-19(12-20)24-13-25(39-37-24)23-4-2-3-9-33-23/h2-12,14-16,25H,13H2,1H3,(H,36,38)/t16-,25?/m1/s1. The van der Waals surface area contributed by atoms with Crippen molar-refractivity contribution in [2.75, 3.05) is 0 Å². The fraction of sp³-hybridized carbons (Fsp3) is 0.179. The van der Waals surface area contributed by atoms with E-state index in [0.29, 0.717) is 40.2 Å². The number of hydrogen-bond donors (Lipinski definition) is 1. The molecule has 0 saturated carbocycles. The minimum absolute atomic E-state index is 0.254. The van der Waals surface area contributed by atoms with Crippen molar-refractivity contribution >= 4 is 11.6 Å². The van der Waals surface area contributed by atoms with E-state index in [4.69, 9.17) is 4.84 Å². The van der Waals surface area contributed by atoms with Crippen molar-refractivity contribution in [3.8, 4) is 11.3 Å². The van der Waals surface area contributed by atoms with E-state index in [-0.39, 0.29) is 5.56 Å². The first-order chi connectivity index (χ1) is 18.7. The number of halogens is 4. The van der Waals surface area contributed by atoms with Crippen LogP contribution in [-0.4, -0.2) is 26.6 Å². The van der Waals surface area contributed by atoms with Crippen molar-refractivity contribution < 1.29 is 27.2 Å². The van der Waals surface area contributed by atoms with Crippen LogP contribution >= 0.6 is 0 Å². The van der Waals surface area contributed by atoms with Gasteiger partial charge in [0.25, 0.3) is 5.91 Å². The monoisotopic (exact) mass is 535 g/mol. The normalized spacial score (nSPS) is 15.8. The number of hydrogen-bond acceptors (Lipinski definition) is 6. The summed E-state index contributed by atoms with van der Waals surface area (Å²) >= 11 is 0. The quantitative estimate of drug-likeness (QED) is 0.304. The van der Waals surface area contributed by atoms with Crippen molar-refractivity contribution in [2.24, 2.45) is 5.16 Å². The summed E-state index contributed by atoms with van der Waals surface area (Å²) in [4.78, 5) is 30.8. The topological polar surface area (TPSA) is 89.4 Å². The number of alkyl halides is 3. The minimum Gasteiger partial charge on any atom is -0.385 e. The van der Waals surface area contributed by atoms with Crippen LogP contribution in [0.15, 0.2) is 84.4 Å². The van der Waals surface area contributed by atoms with Crippen molar-refractivity contribution in [1.29, 1.82) is 0 Å². The molecule has 5 rings (SSSR count). The van der Waals surface area contributed by atoms with Gasteiger partial charge in [-0.2, -0.15) is 13.2 Å². The van der Waals surface area contributed by atoms with Crippen molar-refractivity contribution in [3.63, 3.8) is 0 Å². The van der Waals surface area contributed by atoms with Crippen LogP contribution in [0.1, 0.15) is 58.4 Å². The van der Waals surface area contributed by atoms with Gasteiger partial charge in [-0.3, -0.25) is 19.7 Å². The first kappa shape index (κ1) is 26.0. The van der Waals surface area contributed by atoms with Crippen LogP contribution < -0.4 is 5.32 Å². The molecule has 2 atom stereocenters. The highest BCUT2D eigenvalue weighted by molar-refractivity contribution is 6.05. The molecular weight excluding hydrogens is 514 g/mol. The van der Waals surface area contributed by atoms with Gasteiger partial charge >= 0.3 is 6.18 Å². The minimum atomic E-state index is -4.56. The Labute approximate surface area is 220 Å². The van der Waals surface area contributed by atoms with Crippen LogP contribution in [0.4, 0.5) is 17.6 Å². The van der Waals surface area contributed by atoms with Crippen LogP contribution in [0.25, 0.3) is 11.3 Å². The Morgan fingerprint density at radius 1 is 1.00 bits per heavy atom. The molecule has 1 aromatic carbocycles.